The summed E-state index contributed by atoms with van der Waals surface area (Å²) in [4.78, 5) is 16.4. The monoisotopic (exact) mass is 254 g/mol. The normalized spacial score (nSPS) is 13.9. The van der Waals surface area contributed by atoms with E-state index in [2.05, 4.69) is 5.48 Å². The molecular formula is C12H18N2O4. The smallest absolute Gasteiger partial charge is 0.274 e. The lowest BCUT2D eigenvalue weighted by molar-refractivity contribution is -0.145. The largest absolute Gasteiger partial charge is 0.383 e. The third-order valence-electron chi connectivity index (χ3n) is 2.29. The first kappa shape index (κ1) is 14.6. The van der Waals surface area contributed by atoms with E-state index in [1.807, 2.05) is 30.3 Å². The van der Waals surface area contributed by atoms with Crippen molar-refractivity contribution in [2.45, 2.75) is 18.8 Å². The minimum atomic E-state index is -1.36. The van der Waals surface area contributed by atoms with Crippen LogP contribution >= 0.6 is 0 Å². The number of amides is 1. The van der Waals surface area contributed by atoms with Gasteiger partial charge < -0.3 is 15.6 Å². The second kappa shape index (κ2) is 7.78. The van der Waals surface area contributed by atoms with Crippen molar-refractivity contribution >= 4 is 5.91 Å². The molecule has 0 heterocycles. The first-order chi connectivity index (χ1) is 8.65. The molecular weight excluding hydrogens is 236 g/mol. The van der Waals surface area contributed by atoms with Gasteiger partial charge in [0, 0.05) is 7.11 Å². The van der Waals surface area contributed by atoms with Crippen LogP contribution in [0.1, 0.15) is 5.56 Å². The Balaban J connectivity index is 2.28. The van der Waals surface area contributed by atoms with Crippen LogP contribution in [0, 0.1) is 0 Å². The lowest BCUT2D eigenvalue weighted by Crippen LogP contribution is -2.48. The van der Waals surface area contributed by atoms with E-state index in [0.717, 1.165) is 5.56 Å². The van der Waals surface area contributed by atoms with Crippen LogP contribution < -0.4 is 11.2 Å². The fourth-order valence-electron chi connectivity index (χ4n) is 1.30. The van der Waals surface area contributed by atoms with Crippen molar-refractivity contribution in [2.75, 3.05) is 13.7 Å². The summed E-state index contributed by atoms with van der Waals surface area (Å²) >= 11 is 0. The van der Waals surface area contributed by atoms with Crippen molar-refractivity contribution in [2.24, 2.45) is 5.73 Å². The Morgan fingerprint density at radius 1 is 1.44 bits per heavy atom. The highest BCUT2D eigenvalue weighted by atomic mass is 16.7. The average Bonchev–Trinajstić information content (AvgIpc) is 2.39. The third-order valence-corrected chi connectivity index (χ3v) is 2.29. The number of aliphatic hydroxyl groups is 1. The van der Waals surface area contributed by atoms with Crippen molar-refractivity contribution in [3.05, 3.63) is 35.9 Å². The first-order valence-electron chi connectivity index (χ1n) is 5.53. The molecule has 0 aliphatic carbocycles. The molecule has 1 rings (SSSR count). The van der Waals surface area contributed by atoms with Gasteiger partial charge in [0.15, 0.2) is 6.10 Å². The average molecular weight is 254 g/mol. The van der Waals surface area contributed by atoms with E-state index in [0.29, 0.717) is 0 Å². The molecule has 6 heteroatoms. The highest BCUT2D eigenvalue weighted by molar-refractivity contribution is 5.80. The molecule has 0 radical (unpaired) electrons. The number of ether oxygens (including phenoxy) is 1. The van der Waals surface area contributed by atoms with Crippen molar-refractivity contribution in [1.82, 2.24) is 5.48 Å². The Morgan fingerprint density at radius 2 is 2.11 bits per heavy atom. The zero-order chi connectivity index (χ0) is 13.4. The molecule has 1 aromatic carbocycles. The van der Waals surface area contributed by atoms with Gasteiger partial charge in [0.1, 0.15) is 0 Å². The number of methoxy groups -OCH3 is 1. The van der Waals surface area contributed by atoms with Crippen LogP contribution in [0.4, 0.5) is 0 Å². The van der Waals surface area contributed by atoms with Gasteiger partial charge in [-0.25, -0.2) is 5.48 Å². The van der Waals surface area contributed by atoms with Gasteiger partial charge in [-0.15, -0.1) is 0 Å². The van der Waals surface area contributed by atoms with Crippen LogP contribution in [0.5, 0.6) is 0 Å². The van der Waals surface area contributed by atoms with Gasteiger partial charge in [0.05, 0.1) is 19.3 Å². The zero-order valence-corrected chi connectivity index (χ0v) is 10.2. The van der Waals surface area contributed by atoms with E-state index < -0.39 is 18.1 Å². The fourth-order valence-corrected chi connectivity index (χ4v) is 1.30. The van der Waals surface area contributed by atoms with E-state index in [1.165, 1.54) is 7.11 Å². The summed E-state index contributed by atoms with van der Waals surface area (Å²) in [6.45, 7) is 0.312. The number of hydroxylamine groups is 1. The molecule has 0 bridgehead atoms. The summed E-state index contributed by atoms with van der Waals surface area (Å²) in [6, 6.07) is 8.55. The quantitative estimate of drug-likeness (QED) is 0.574. The van der Waals surface area contributed by atoms with Gasteiger partial charge >= 0.3 is 0 Å². The van der Waals surface area contributed by atoms with Crippen LogP contribution in [0.3, 0.4) is 0 Å². The number of nitrogens with one attached hydrogen (secondary N) is 1. The first-order valence-corrected chi connectivity index (χ1v) is 5.53. The van der Waals surface area contributed by atoms with Crippen molar-refractivity contribution in [3.8, 4) is 0 Å². The Bertz CT molecular complexity index is 358. The predicted molar refractivity (Wildman–Crippen MR) is 65.2 cm³/mol. The number of rotatable bonds is 7. The number of nitrogens with two attached hydrogens (primary N) is 1. The molecule has 1 amide bonds. The maximum atomic E-state index is 11.4. The molecule has 0 aromatic heterocycles. The lowest BCUT2D eigenvalue weighted by Gasteiger charge is -2.17. The number of benzene rings is 1. The summed E-state index contributed by atoms with van der Waals surface area (Å²) in [7, 11) is 1.44. The number of hydrogen-bond donors (Lipinski definition) is 3. The van der Waals surface area contributed by atoms with Crippen LogP contribution in [-0.2, 0) is 21.0 Å². The van der Waals surface area contributed by atoms with E-state index in [1.54, 1.807) is 0 Å². The van der Waals surface area contributed by atoms with E-state index in [-0.39, 0.29) is 13.2 Å². The topological polar surface area (TPSA) is 93.8 Å². The second-order valence-corrected chi connectivity index (χ2v) is 3.80. The molecule has 1 unspecified atom stereocenters. The van der Waals surface area contributed by atoms with Gasteiger partial charge in [0.25, 0.3) is 5.91 Å². The standard InChI is InChI=1S/C12H18N2O4/c1-17-8-10(13)11(15)12(16)14-18-7-9-5-3-2-4-6-9/h2-6,10-11,15H,7-8,13H2,1H3,(H,14,16)/t10-,11?/m0/s1. The Hall–Kier alpha value is -1.47. The van der Waals surface area contributed by atoms with Gasteiger partial charge in [0.2, 0.25) is 0 Å². The maximum Gasteiger partial charge on any atom is 0.274 e. The fraction of sp³-hybridized carbons (Fsp3) is 0.417. The Kier molecular flexibility index (Phi) is 6.31. The second-order valence-electron chi connectivity index (χ2n) is 3.80. The molecule has 0 fully saturated rings. The zero-order valence-electron chi connectivity index (χ0n) is 10.2. The number of aliphatic hydroxyl groups excluding tert-OH is 1. The Morgan fingerprint density at radius 3 is 2.72 bits per heavy atom. The van der Waals surface area contributed by atoms with Gasteiger partial charge in [-0.1, -0.05) is 30.3 Å². The molecule has 0 aliphatic rings. The van der Waals surface area contributed by atoms with Crippen molar-refractivity contribution in [3.63, 3.8) is 0 Å². The van der Waals surface area contributed by atoms with Gasteiger partial charge in [-0.2, -0.15) is 0 Å². The van der Waals surface area contributed by atoms with Gasteiger partial charge in [-0.05, 0) is 5.56 Å². The van der Waals surface area contributed by atoms with Crippen molar-refractivity contribution < 1.29 is 19.5 Å². The molecule has 0 aliphatic heterocycles. The van der Waals surface area contributed by atoms with Crippen LogP contribution in [0.2, 0.25) is 0 Å². The Labute approximate surface area is 106 Å². The molecule has 2 atom stereocenters. The van der Waals surface area contributed by atoms with E-state index >= 15 is 0 Å². The van der Waals surface area contributed by atoms with E-state index in [9.17, 15) is 9.90 Å². The molecule has 0 saturated carbocycles. The van der Waals surface area contributed by atoms with Crippen LogP contribution in [0.25, 0.3) is 0 Å². The molecule has 100 valence electrons. The minimum Gasteiger partial charge on any atom is -0.383 e. The highest BCUT2D eigenvalue weighted by Crippen LogP contribution is 1.99. The number of hydrogen-bond acceptors (Lipinski definition) is 5. The van der Waals surface area contributed by atoms with Crippen molar-refractivity contribution in [1.29, 1.82) is 0 Å². The molecule has 0 saturated heterocycles. The summed E-state index contributed by atoms with van der Waals surface area (Å²) in [5, 5.41) is 9.52. The van der Waals surface area contributed by atoms with Gasteiger partial charge in [-0.3, -0.25) is 9.63 Å². The number of carbonyl (C=O) groups excluding carboxylic acids is 1. The summed E-state index contributed by atoms with van der Waals surface area (Å²) < 4.78 is 4.74. The maximum absolute atomic E-state index is 11.4. The van der Waals surface area contributed by atoms with E-state index in [4.69, 9.17) is 15.3 Å². The minimum absolute atomic E-state index is 0.0905. The summed E-state index contributed by atoms with van der Waals surface area (Å²) in [5.41, 5.74) is 8.58. The highest BCUT2D eigenvalue weighted by Gasteiger charge is 2.22. The summed E-state index contributed by atoms with van der Waals surface area (Å²) in [6.07, 6.45) is -1.36. The predicted octanol–water partition coefficient (Wildman–Crippen LogP) is -0.431. The van der Waals surface area contributed by atoms with Crippen LogP contribution in [-0.4, -0.2) is 36.9 Å². The summed E-state index contributed by atoms with van der Waals surface area (Å²) in [5.74, 6) is -0.685. The molecule has 6 nitrogen and oxygen atoms in total. The molecule has 1 aromatic rings. The lowest BCUT2D eigenvalue weighted by atomic mass is 10.2. The number of carbonyl (C=O) groups is 1. The SMILES string of the molecule is COC[C@H](N)C(O)C(=O)NOCc1ccccc1. The molecule has 18 heavy (non-hydrogen) atoms. The molecule has 0 spiro atoms. The van der Waals surface area contributed by atoms with Crippen LogP contribution in [0.15, 0.2) is 30.3 Å². The third kappa shape index (κ3) is 4.80. The molecule has 4 N–H and O–H groups in total.